The Balaban J connectivity index is 2.08. The van der Waals surface area contributed by atoms with Gasteiger partial charge in [0.25, 0.3) is 5.91 Å². The van der Waals surface area contributed by atoms with Gasteiger partial charge in [-0.25, -0.2) is 0 Å². The van der Waals surface area contributed by atoms with E-state index in [1.165, 1.54) is 7.11 Å². The van der Waals surface area contributed by atoms with Crippen molar-refractivity contribution in [2.24, 2.45) is 0 Å². The first-order chi connectivity index (χ1) is 10.2. The topological polar surface area (TPSA) is 65.1 Å². The van der Waals surface area contributed by atoms with Crippen molar-refractivity contribution in [3.63, 3.8) is 0 Å². The first kappa shape index (κ1) is 15.3. The molecule has 21 heavy (non-hydrogen) atoms. The molecule has 0 saturated carbocycles. The molecule has 0 bridgehead atoms. The minimum Gasteiger partial charge on any atom is -0.497 e. The first-order valence-electron chi connectivity index (χ1n) is 6.82. The first-order valence-corrected chi connectivity index (χ1v) is 6.82. The average Bonchev–Trinajstić information content (AvgIpc) is 2.54. The Morgan fingerprint density at radius 3 is 2.71 bits per heavy atom. The van der Waals surface area contributed by atoms with E-state index in [2.05, 4.69) is 0 Å². The zero-order chi connectivity index (χ0) is 15.2. The van der Waals surface area contributed by atoms with Gasteiger partial charge in [0.1, 0.15) is 11.5 Å². The van der Waals surface area contributed by atoms with Crippen molar-refractivity contribution in [3.05, 3.63) is 23.8 Å². The normalized spacial score (nSPS) is 16.2. The predicted octanol–water partition coefficient (Wildman–Crippen LogP) is 1.13. The van der Waals surface area contributed by atoms with Gasteiger partial charge in [-0.2, -0.15) is 0 Å². The molecule has 2 rings (SSSR count). The monoisotopic (exact) mass is 293 g/mol. The Bertz CT molecular complexity index is 511. The lowest BCUT2D eigenvalue weighted by Crippen LogP contribution is -2.46. The maximum absolute atomic E-state index is 12.3. The third-order valence-corrected chi connectivity index (χ3v) is 3.32. The van der Waals surface area contributed by atoms with E-state index in [9.17, 15) is 9.59 Å². The molecule has 0 radical (unpaired) electrons. The second-order valence-electron chi connectivity index (χ2n) is 4.72. The van der Waals surface area contributed by atoms with E-state index < -0.39 is 6.10 Å². The van der Waals surface area contributed by atoms with Gasteiger partial charge < -0.3 is 19.1 Å². The van der Waals surface area contributed by atoms with Crippen LogP contribution in [0, 0.1) is 0 Å². The fourth-order valence-electron chi connectivity index (χ4n) is 2.12. The second kappa shape index (κ2) is 7.08. The van der Waals surface area contributed by atoms with Crippen LogP contribution in [0.2, 0.25) is 0 Å². The van der Waals surface area contributed by atoms with Crippen molar-refractivity contribution in [2.75, 3.05) is 33.4 Å². The van der Waals surface area contributed by atoms with Gasteiger partial charge in [0.2, 0.25) is 0 Å². The van der Waals surface area contributed by atoms with Gasteiger partial charge in [-0.3, -0.25) is 9.59 Å². The minimum atomic E-state index is -0.672. The lowest BCUT2D eigenvalue weighted by Gasteiger charge is -2.29. The zero-order valence-corrected chi connectivity index (χ0v) is 12.2. The van der Waals surface area contributed by atoms with Gasteiger partial charge in [-0.15, -0.1) is 0 Å². The Hall–Kier alpha value is -2.08. The van der Waals surface area contributed by atoms with Crippen molar-refractivity contribution < 1.29 is 23.8 Å². The summed E-state index contributed by atoms with van der Waals surface area (Å²) in [6.45, 7) is 3.87. The number of hydrogen-bond donors (Lipinski definition) is 0. The molecule has 1 saturated heterocycles. The third-order valence-electron chi connectivity index (χ3n) is 3.32. The van der Waals surface area contributed by atoms with Crippen LogP contribution in [-0.4, -0.2) is 56.6 Å². The Labute approximate surface area is 123 Å². The molecule has 1 aliphatic heterocycles. The number of methoxy groups -OCH3 is 1. The van der Waals surface area contributed by atoms with Gasteiger partial charge in [-0.05, 0) is 19.1 Å². The SMILES string of the molecule is COc1ccc(C=O)c(OC(C)C(=O)N2CCOCC2)c1. The van der Waals surface area contributed by atoms with Crippen molar-refractivity contribution >= 4 is 12.2 Å². The standard InChI is InChI=1S/C15H19NO5/c1-11(15(18)16-5-7-20-8-6-16)21-14-9-13(19-2)4-3-12(14)10-17/h3-4,9-11H,5-8H2,1-2H3. The number of nitrogens with zero attached hydrogens (tertiary/aromatic N) is 1. The molecule has 0 spiro atoms. The largest absolute Gasteiger partial charge is 0.497 e. The number of hydrogen-bond acceptors (Lipinski definition) is 5. The van der Waals surface area contributed by atoms with Crippen LogP contribution in [0.15, 0.2) is 18.2 Å². The molecule has 1 aliphatic rings. The highest BCUT2D eigenvalue weighted by Gasteiger charge is 2.24. The van der Waals surface area contributed by atoms with E-state index in [4.69, 9.17) is 14.2 Å². The fourth-order valence-corrected chi connectivity index (χ4v) is 2.12. The summed E-state index contributed by atoms with van der Waals surface area (Å²) in [4.78, 5) is 25.0. The molecule has 114 valence electrons. The molecule has 0 aromatic heterocycles. The molecule has 1 atom stereocenters. The molecule has 1 fully saturated rings. The maximum Gasteiger partial charge on any atom is 0.263 e. The molecular weight excluding hydrogens is 274 g/mol. The molecule has 0 N–H and O–H groups in total. The molecule has 0 aliphatic carbocycles. The summed E-state index contributed by atoms with van der Waals surface area (Å²) in [7, 11) is 1.53. The van der Waals surface area contributed by atoms with Crippen LogP contribution in [0.1, 0.15) is 17.3 Å². The summed E-state index contributed by atoms with van der Waals surface area (Å²) in [6.07, 6.45) is 0.0228. The van der Waals surface area contributed by atoms with E-state index in [1.807, 2.05) is 0 Å². The summed E-state index contributed by atoms with van der Waals surface area (Å²) in [5.74, 6) is 0.804. The van der Waals surface area contributed by atoms with Crippen LogP contribution in [0.25, 0.3) is 0 Å². The number of aldehydes is 1. The molecule has 6 heteroatoms. The molecule has 1 heterocycles. The summed E-state index contributed by atoms with van der Waals surface area (Å²) >= 11 is 0. The van der Waals surface area contributed by atoms with E-state index in [0.717, 1.165) is 0 Å². The number of carbonyl (C=O) groups is 2. The number of ether oxygens (including phenoxy) is 3. The highest BCUT2D eigenvalue weighted by atomic mass is 16.5. The van der Waals surface area contributed by atoms with Crippen molar-refractivity contribution in [3.8, 4) is 11.5 Å². The molecule has 1 aromatic rings. The number of rotatable bonds is 5. The molecule has 1 amide bonds. The third kappa shape index (κ3) is 3.72. The van der Waals surface area contributed by atoms with Crippen LogP contribution in [-0.2, 0) is 9.53 Å². The zero-order valence-electron chi connectivity index (χ0n) is 12.2. The summed E-state index contributed by atoms with van der Waals surface area (Å²) in [5, 5.41) is 0. The van der Waals surface area contributed by atoms with Crippen LogP contribution >= 0.6 is 0 Å². The lowest BCUT2D eigenvalue weighted by molar-refractivity contribution is -0.142. The number of amides is 1. The minimum absolute atomic E-state index is 0.113. The van der Waals surface area contributed by atoms with Crippen LogP contribution in [0.5, 0.6) is 11.5 Å². The Kier molecular flexibility index (Phi) is 5.16. The molecular formula is C15H19NO5. The highest BCUT2D eigenvalue weighted by molar-refractivity contribution is 5.83. The van der Waals surface area contributed by atoms with Gasteiger partial charge >= 0.3 is 0 Å². The fraction of sp³-hybridized carbons (Fsp3) is 0.467. The van der Waals surface area contributed by atoms with Crippen molar-refractivity contribution in [1.29, 1.82) is 0 Å². The summed E-state index contributed by atoms with van der Waals surface area (Å²) < 4.78 is 16.0. The molecule has 1 aromatic carbocycles. The average molecular weight is 293 g/mol. The van der Waals surface area contributed by atoms with E-state index >= 15 is 0 Å². The number of benzene rings is 1. The van der Waals surface area contributed by atoms with E-state index in [0.29, 0.717) is 49.7 Å². The smallest absolute Gasteiger partial charge is 0.263 e. The molecule has 1 unspecified atom stereocenters. The van der Waals surface area contributed by atoms with Crippen molar-refractivity contribution in [2.45, 2.75) is 13.0 Å². The maximum atomic E-state index is 12.3. The van der Waals surface area contributed by atoms with Gasteiger partial charge in [0, 0.05) is 19.2 Å². The summed E-state index contributed by atoms with van der Waals surface area (Å²) in [5.41, 5.74) is 0.387. The Morgan fingerprint density at radius 1 is 1.38 bits per heavy atom. The second-order valence-corrected chi connectivity index (χ2v) is 4.72. The van der Waals surface area contributed by atoms with Crippen molar-refractivity contribution in [1.82, 2.24) is 4.90 Å². The number of carbonyl (C=O) groups excluding carboxylic acids is 2. The lowest BCUT2D eigenvalue weighted by atomic mass is 10.2. The molecule has 6 nitrogen and oxygen atoms in total. The van der Waals surface area contributed by atoms with Crippen LogP contribution in [0.4, 0.5) is 0 Å². The van der Waals surface area contributed by atoms with Crippen LogP contribution in [0.3, 0.4) is 0 Å². The number of morpholine rings is 1. The van der Waals surface area contributed by atoms with Gasteiger partial charge in [0.15, 0.2) is 12.4 Å². The van der Waals surface area contributed by atoms with Crippen LogP contribution < -0.4 is 9.47 Å². The van der Waals surface area contributed by atoms with E-state index in [1.54, 1.807) is 30.0 Å². The quantitative estimate of drug-likeness (QED) is 0.762. The Morgan fingerprint density at radius 2 is 2.10 bits per heavy atom. The highest BCUT2D eigenvalue weighted by Crippen LogP contribution is 2.25. The summed E-state index contributed by atoms with van der Waals surface area (Å²) in [6, 6.07) is 4.88. The predicted molar refractivity (Wildman–Crippen MR) is 75.9 cm³/mol. The van der Waals surface area contributed by atoms with E-state index in [-0.39, 0.29) is 5.91 Å². The van der Waals surface area contributed by atoms with Gasteiger partial charge in [0.05, 0.1) is 25.9 Å². The van der Waals surface area contributed by atoms with Gasteiger partial charge in [-0.1, -0.05) is 0 Å².